The van der Waals surface area contributed by atoms with Gasteiger partial charge in [0.15, 0.2) is 0 Å². The third-order valence-electron chi connectivity index (χ3n) is 2.98. The standard InChI is InChI=1S/C12H23F3N2O/c1-18-9-7-16-6-2-3-8-17(11-4-5-11)10-12(13,14)15/h11,16H,2-10H2,1H3. The van der Waals surface area contributed by atoms with Gasteiger partial charge >= 0.3 is 6.18 Å². The molecule has 0 radical (unpaired) electrons. The molecule has 0 amide bonds. The van der Waals surface area contributed by atoms with Gasteiger partial charge in [0.2, 0.25) is 0 Å². The summed E-state index contributed by atoms with van der Waals surface area (Å²) in [6.45, 7) is 2.10. The van der Waals surface area contributed by atoms with E-state index < -0.39 is 12.7 Å². The van der Waals surface area contributed by atoms with Gasteiger partial charge in [0.1, 0.15) is 0 Å². The molecule has 0 unspecified atom stereocenters. The molecule has 0 saturated heterocycles. The van der Waals surface area contributed by atoms with Crippen LogP contribution < -0.4 is 5.32 Å². The van der Waals surface area contributed by atoms with Crippen LogP contribution in [0.5, 0.6) is 0 Å². The van der Waals surface area contributed by atoms with Crippen molar-refractivity contribution in [2.24, 2.45) is 0 Å². The minimum Gasteiger partial charge on any atom is -0.383 e. The second-order valence-corrected chi connectivity index (χ2v) is 4.77. The van der Waals surface area contributed by atoms with Gasteiger partial charge in [-0.05, 0) is 38.8 Å². The Balaban J connectivity index is 2.04. The molecule has 0 aromatic rings. The van der Waals surface area contributed by atoms with Gasteiger partial charge in [-0.25, -0.2) is 0 Å². The van der Waals surface area contributed by atoms with Crippen LogP contribution in [0.3, 0.4) is 0 Å². The first-order valence-corrected chi connectivity index (χ1v) is 6.53. The number of hydrogen-bond donors (Lipinski definition) is 1. The maximum absolute atomic E-state index is 12.3. The SMILES string of the molecule is COCCNCCCCN(CC(F)(F)F)C1CC1. The number of methoxy groups -OCH3 is 1. The van der Waals surface area contributed by atoms with E-state index >= 15 is 0 Å². The summed E-state index contributed by atoms with van der Waals surface area (Å²) in [4.78, 5) is 1.58. The predicted molar refractivity (Wildman–Crippen MR) is 64.6 cm³/mol. The summed E-state index contributed by atoms with van der Waals surface area (Å²) in [5.41, 5.74) is 0. The van der Waals surface area contributed by atoms with Crippen LogP contribution in [-0.2, 0) is 4.74 Å². The third-order valence-corrected chi connectivity index (χ3v) is 2.98. The van der Waals surface area contributed by atoms with E-state index in [0.717, 1.165) is 38.8 Å². The molecule has 1 fully saturated rings. The highest BCUT2D eigenvalue weighted by molar-refractivity contribution is 4.85. The van der Waals surface area contributed by atoms with Gasteiger partial charge in [0.05, 0.1) is 13.2 Å². The maximum Gasteiger partial charge on any atom is 0.401 e. The van der Waals surface area contributed by atoms with Crippen molar-refractivity contribution in [3.63, 3.8) is 0 Å². The Hall–Kier alpha value is -0.330. The fourth-order valence-electron chi connectivity index (χ4n) is 1.92. The number of rotatable bonds is 10. The summed E-state index contributed by atoms with van der Waals surface area (Å²) < 4.78 is 41.9. The van der Waals surface area contributed by atoms with Gasteiger partial charge in [-0.2, -0.15) is 13.2 Å². The summed E-state index contributed by atoms with van der Waals surface area (Å²) in [7, 11) is 1.65. The second kappa shape index (κ2) is 7.96. The first-order valence-electron chi connectivity index (χ1n) is 6.53. The van der Waals surface area contributed by atoms with E-state index in [1.165, 1.54) is 0 Å². The van der Waals surface area contributed by atoms with Crippen LogP contribution in [0.4, 0.5) is 13.2 Å². The normalized spacial score (nSPS) is 16.5. The largest absolute Gasteiger partial charge is 0.401 e. The van der Waals surface area contributed by atoms with Gasteiger partial charge in [0.25, 0.3) is 0 Å². The molecule has 0 aromatic heterocycles. The molecule has 0 aromatic carbocycles. The van der Waals surface area contributed by atoms with Crippen molar-refractivity contribution in [3.05, 3.63) is 0 Å². The summed E-state index contributed by atoms with van der Waals surface area (Å²) in [6.07, 6.45) is -0.513. The average Bonchev–Trinajstić information content (AvgIpc) is 3.08. The van der Waals surface area contributed by atoms with E-state index in [4.69, 9.17) is 4.74 Å². The van der Waals surface area contributed by atoms with Crippen LogP contribution >= 0.6 is 0 Å². The second-order valence-electron chi connectivity index (χ2n) is 4.77. The predicted octanol–water partition coefficient (Wildman–Crippen LogP) is 2.03. The first-order chi connectivity index (χ1) is 8.53. The molecule has 108 valence electrons. The van der Waals surface area contributed by atoms with Crippen molar-refractivity contribution in [2.75, 3.05) is 39.9 Å². The van der Waals surface area contributed by atoms with Gasteiger partial charge < -0.3 is 10.1 Å². The van der Waals surface area contributed by atoms with Gasteiger partial charge in [0, 0.05) is 19.7 Å². The number of alkyl halides is 3. The van der Waals surface area contributed by atoms with Crippen molar-refractivity contribution >= 4 is 0 Å². The zero-order valence-electron chi connectivity index (χ0n) is 10.9. The van der Waals surface area contributed by atoms with Crippen molar-refractivity contribution in [3.8, 4) is 0 Å². The van der Waals surface area contributed by atoms with E-state index in [2.05, 4.69) is 5.32 Å². The summed E-state index contributed by atoms with van der Waals surface area (Å²) >= 11 is 0. The van der Waals surface area contributed by atoms with Gasteiger partial charge in [-0.1, -0.05) is 0 Å². The zero-order valence-corrected chi connectivity index (χ0v) is 10.9. The van der Waals surface area contributed by atoms with Crippen LogP contribution in [0.1, 0.15) is 25.7 Å². The fourth-order valence-corrected chi connectivity index (χ4v) is 1.92. The lowest BCUT2D eigenvalue weighted by Crippen LogP contribution is -2.36. The van der Waals surface area contributed by atoms with Gasteiger partial charge in [-0.15, -0.1) is 0 Å². The average molecular weight is 268 g/mol. The number of hydrogen-bond acceptors (Lipinski definition) is 3. The van der Waals surface area contributed by atoms with Crippen LogP contribution in [0.15, 0.2) is 0 Å². The lowest BCUT2D eigenvalue weighted by atomic mass is 10.2. The summed E-state index contributed by atoms with van der Waals surface area (Å²) in [6, 6.07) is 0.174. The monoisotopic (exact) mass is 268 g/mol. The molecule has 1 N–H and O–H groups in total. The molecule has 0 aliphatic heterocycles. The molecule has 1 aliphatic rings. The van der Waals surface area contributed by atoms with Crippen molar-refractivity contribution in [1.29, 1.82) is 0 Å². The highest BCUT2D eigenvalue weighted by Crippen LogP contribution is 2.30. The fraction of sp³-hybridized carbons (Fsp3) is 1.00. The van der Waals surface area contributed by atoms with Crippen LogP contribution in [0.2, 0.25) is 0 Å². The Labute approximate surface area is 107 Å². The zero-order chi connectivity index (χ0) is 13.4. The Morgan fingerprint density at radius 1 is 1.22 bits per heavy atom. The van der Waals surface area contributed by atoms with Crippen molar-refractivity contribution in [1.82, 2.24) is 10.2 Å². The molecule has 1 aliphatic carbocycles. The number of nitrogens with one attached hydrogen (secondary N) is 1. The van der Waals surface area contributed by atoms with E-state index in [1.807, 2.05) is 0 Å². The molecule has 1 saturated carbocycles. The molecule has 3 nitrogen and oxygen atoms in total. The number of halogens is 3. The topological polar surface area (TPSA) is 24.5 Å². The van der Waals surface area contributed by atoms with Crippen LogP contribution in [0, 0.1) is 0 Å². The summed E-state index contributed by atoms with van der Waals surface area (Å²) in [5.74, 6) is 0. The molecule has 0 heterocycles. The van der Waals surface area contributed by atoms with Crippen LogP contribution in [-0.4, -0.2) is 57.0 Å². The number of ether oxygens (including phenoxy) is 1. The molecule has 1 rings (SSSR count). The maximum atomic E-state index is 12.3. The summed E-state index contributed by atoms with van der Waals surface area (Å²) in [5, 5.41) is 3.19. The number of nitrogens with zero attached hydrogens (tertiary/aromatic N) is 1. The van der Waals surface area contributed by atoms with Crippen molar-refractivity contribution < 1.29 is 17.9 Å². The quantitative estimate of drug-likeness (QED) is 0.614. The van der Waals surface area contributed by atoms with Crippen LogP contribution in [0.25, 0.3) is 0 Å². The van der Waals surface area contributed by atoms with E-state index in [9.17, 15) is 13.2 Å². The minimum absolute atomic E-state index is 0.174. The molecule has 0 bridgehead atoms. The molecular formula is C12H23F3N2O. The van der Waals surface area contributed by atoms with E-state index in [1.54, 1.807) is 12.0 Å². The Kier molecular flexibility index (Phi) is 6.96. The smallest absolute Gasteiger partial charge is 0.383 e. The highest BCUT2D eigenvalue weighted by atomic mass is 19.4. The third kappa shape index (κ3) is 7.89. The lowest BCUT2D eigenvalue weighted by Gasteiger charge is -2.23. The molecule has 0 atom stereocenters. The minimum atomic E-state index is -4.07. The Morgan fingerprint density at radius 3 is 2.50 bits per heavy atom. The van der Waals surface area contributed by atoms with E-state index in [-0.39, 0.29) is 6.04 Å². The highest BCUT2D eigenvalue weighted by Gasteiger charge is 2.37. The van der Waals surface area contributed by atoms with E-state index in [0.29, 0.717) is 13.2 Å². The Morgan fingerprint density at radius 2 is 1.94 bits per heavy atom. The number of unbranched alkanes of at least 4 members (excludes halogenated alkanes) is 1. The van der Waals surface area contributed by atoms with Gasteiger partial charge in [-0.3, -0.25) is 4.90 Å². The molecule has 6 heteroatoms. The van der Waals surface area contributed by atoms with Crippen molar-refractivity contribution in [2.45, 2.75) is 37.9 Å². The molecular weight excluding hydrogens is 245 g/mol. The molecule has 18 heavy (non-hydrogen) atoms. The Bertz CT molecular complexity index is 220. The molecule has 0 spiro atoms. The first kappa shape index (κ1) is 15.7. The lowest BCUT2D eigenvalue weighted by molar-refractivity contribution is -0.147.